The van der Waals surface area contributed by atoms with Gasteiger partial charge in [-0.1, -0.05) is 17.3 Å². The molecule has 1 fully saturated rings. The molecule has 8 nitrogen and oxygen atoms in total. The summed E-state index contributed by atoms with van der Waals surface area (Å²) in [5.74, 6) is -1.70. The highest BCUT2D eigenvalue weighted by Crippen LogP contribution is 2.27. The second-order valence-electron chi connectivity index (χ2n) is 7.14. The van der Waals surface area contributed by atoms with Gasteiger partial charge in [-0.2, -0.15) is 0 Å². The summed E-state index contributed by atoms with van der Waals surface area (Å²) >= 11 is 0. The lowest BCUT2D eigenvalue weighted by Gasteiger charge is -2.37. The van der Waals surface area contributed by atoms with Gasteiger partial charge in [0.05, 0.1) is 17.3 Å². The molecular formula is C20H21N5O3. The Bertz CT molecular complexity index is 1060. The summed E-state index contributed by atoms with van der Waals surface area (Å²) in [5.41, 5.74) is 1.70. The number of carbonyl (C=O) groups is 2. The Labute approximate surface area is 161 Å². The number of benzene rings is 1. The number of hydrogen-bond donors (Lipinski definition) is 1. The number of aliphatic carboxylic acids is 1. The molecule has 8 heteroatoms. The van der Waals surface area contributed by atoms with Gasteiger partial charge in [0, 0.05) is 35.8 Å². The first-order chi connectivity index (χ1) is 13.5. The normalized spacial score (nSPS) is 19.7. The molecule has 0 aliphatic carbocycles. The number of piperidine rings is 1. The van der Waals surface area contributed by atoms with Crippen LogP contribution in [0, 0.1) is 12.8 Å². The Morgan fingerprint density at radius 3 is 2.86 bits per heavy atom. The van der Waals surface area contributed by atoms with Gasteiger partial charge in [0.15, 0.2) is 5.69 Å². The van der Waals surface area contributed by atoms with E-state index < -0.39 is 11.9 Å². The minimum Gasteiger partial charge on any atom is -0.481 e. The minimum absolute atomic E-state index is 0.254. The zero-order chi connectivity index (χ0) is 19.8. The predicted molar refractivity (Wildman–Crippen MR) is 102 cm³/mol. The summed E-state index contributed by atoms with van der Waals surface area (Å²) in [6.45, 7) is 4.11. The Hall–Kier alpha value is -3.29. The van der Waals surface area contributed by atoms with Gasteiger partial charge in [-0.05, 0) is 38.8 Å². The van der Waals surface area contributed by atoms with Crippen LogP contribution in [0.5, 0.6) is 0 Å². The second kappa shape index (κ2) is 7.03. The van der Waals surface area contributed by atoms with E-state index in [0.29, 0.717) is 25.1 Å². The third-order valence-electron chi connectivity index (χ3n) is 5.55. The Morgan fingerprint density at radius 1 is 1.25 bits per heavy atom. The van der Waals surface area contributed by atoms with Crippen LogP contribution in [-0.2, 0) is 4.79 Å². The summed E-state index contributed by atoms with van der Waals surface area (Å²) < 4.78 is 1.65. The maximum absolute atomic E-state index is 13.1. The molecule has 1 aliphatic rings. The number of carbonyl (C=O) groups excluding carboxylic acids is 1. The lowest BCUT2D eigenvalue weighted by molar-refractivity contribution is -0.144. The number of amides is 1. The van der Waals surface area contributed by atoms with Crippen LogP contribution >= 0.6 is 0 Å². The summed E-state index contributed by atoms with van der Waals surface area (Å²) in [6.07, 6.45) is 4.73. The number of nitrogens with zero attached hydrogens (tertiary/aromatic N) is 5. The zero-order valence-corrected chi connectivity index (χ0v) is 15.7. The number of aromatic nitrogens is 4. The average Bonchev–Trinajstić information content (AvgIpc) is 3.08. The molecule has 1 aliphatic heterocycles. The molecule has 144 valence electrons. The molecule has 1 aromatic carbocycles. The number of likely N-dealkylation sites (tertiary alicyclic amines) is 1. The molecule has 1 amide bonds. The quantitative estimate of drug-likeness (QED) is 0.750. The molecule has 0 unspecified atom stereocenters. The van der Waals surface area contributed by atoms with E-state index in [9.17, 15) is 14.7 Å². The third-order valence-corrected chi connectivity index (χ3v) is 5.55. The molecule has 1 N–H and O–H groups in total. The van der Waals surface area contributed by atoms with Gasteiger partial charge in [0.1, 0.15) is 0 Å². The van der Waals surface area contributed by atoms with Crippen molar-refractivity contribution in [2.24, 2.45) is 5.92 Å². The van der Waals surface area contributed by atoms with Crippen molar-refractivity contribution < 1.29 is 14.7 Å². The molecule has 3 aromatic rings. The predicted octanol–water partition coefficient (Wildman–Crippen LogP) is 2.45. The van der Waals surface area contributed by atoms with Crippen molar-refractivity contribution in [3.63, 3.8) is 0 Å². The molecule has 0 radical (unpaired) electrons. The van der Waals surface area contributed by atoms with E-state index >= 15 is 0 Å². The fourth-order valence-corrected chi connectivity index (χ4v) is 3.94. The minimum atomic E-state index is -0.866. The van der Waals surface area contributed by atoms with E-state index in [4.69, 9.17) is 0 Å². The topological polar surface area (TPSA) is 101 Å². The smallest absolute Gasteiger partial charge is 0.308 e. The van der Waals surface area contributed by atoms with Crippen molar-refractivity contribution in [3.05, 3.63) is 48.0 Å². The number of fused-ring (bicyclic) bond motifs is 1. The Morgan fingerprint density at radius 2 is 2.07 bits per heavy atom. The van der Waals surface area contributed by atoms with Crippen molar-refractivity contribution in [2.75, 3.05) is 6.54 Å². The molecule has 2 aromatic heterocycles. The number of carboxylic acid groups (broad SMARTS) is 1. The molecule has 0 spiro atoms. The highest BCUT2D eigenvalue weighted by atomic mass is 16.4. The van der Waals surface area contributed by atoms with Gasteiger partial charge >= 0.3 is 5.97 Å². The molecule has 0 bridgehead atoms. The third kappa shape index (κ3) is 2.90. The van der Waals surface area contributed by atoms with Crippen molar-refractivity contribution in [3.8, 4) is 5.69 Å². The second-order valence-corrected chi connectivity index (χ2v) is 7.14. The molecule has 4 rings (SSSR count). The maximum Gasteiger partial charge on any atom is 0.308 e. The molecule has 28 heavy (non-hydrogen) atoms. The van der Waals surface area contributed by atoms with Crippen LogP contribution in [0.25, 0.3) is 16.5 Å². The van der Waals surface area contributed by atoms with E-state index in [-0.39, 0.29) is 17.6 Å². The number of hydrogen-bond acceptors (Lipinski definition) is 5. The molecule has 0 saturated carbocycles. The van der Waals surface area contributed by atoms with Gasteiger partial charge in [0.25, 0.3) is 5.91 Å². The van der Waals surface area contributed by atoms with Crippen LogP contribution in [0.2, 0.25) is 0 Å². The van der Waals surface area contributed by atoms with Crippen molar-refractivity contribution in [2.45, 2.75) is 32.7 Å². The lowest BCUT2D eigenvalue weighted by Crippen LogP contribution is -2.49. The van der Waals surface area contributed by atoms with Gasteiger partial charge in [-0.15, -0.1) is 5.10 Å². The van der Waals surface area contributed by atoms with E-state index in [1.54, 1.807) is 35.8 Å². The van der Waals surface area contributed by atoms with E-state index in [0.717, 1.165) is 16.5 Å². The first kappa shape index (κ1) is 18.1. The number of pyridine rings is 1. The molecule has 3 heterocycles. The standard InChI is InChI=1S/C20H21N5O3/c1-12-15(20(27)28)6-4-10-24(12)19(26)18-13(2)25(23-22-18)17-7-3-5-14-11-21-9-8-16(14)17/h3,5,7-9,11-12,15H,4,6,10H2,1-2H3,(H,27,28)/t12-,15-/m1/s1. The SMILES string of the molecule is Cc1c(C(=O)N2CCC[C@@H](C(=O)O)[C@H]2C)nnn1-c1cccc2cnccc12. The van der Waals surface area contributed by atoms with Crippen molar-refractivity contribution in [1.29, 1.82) is 0 Å². The van der Waals surface area contributed by atoms with Crippen LogP contribution in [0.15, 0.2) is 36.7 Å². The largest absolute Gasteiger partial charge is 0.481 e. The summed E-state index contributed by atoms with van der Waals surface area (Å²) in [7, 11) is 0. The van der Waals surface area contributed by atoms with Crippen LogP contribution < -0.4 is 0 Å². The van der Waals surface area contributed by atoms with Crippen molar-refractivity contribution >= 4 is 22.6 Å². The Balaban J connectivity index is 1.70. The molecule has 1 saturated heterocycles. The highest BCUT2D eigenvalue weighted by molar-refractivity contribution is 5.95. The van der Waals surface area contributed by atoms with Crippen LogP contribution in [0.1, 0.15) is 35.9 Å². The average molecular weight is 379 g/mol. The summed E-state index contributed by atoms with van der Waals surface area (Å²) in [4.78, 5) is 30.3. The Kier molecular flexibility index (Phi) is 4.54. The van der Waals surface area contributed by atoms with E-state index in [2.05, 4.69) is 15.3 Å². The summed E-state index contributed by atoms with van der Waals surface area (Å²) in [5, 5.41) is 19.7. The van der Waals surface area contributed by atoms with Gasteiger partial charge in [0.2, 0.25) is 0 Å². The maximum atomic E-state index is 13.1. The number of carboxylic acids is 1. The molecular weight excluding hydrogens is 358 g/mol. The van der Waals surface area contributed by atoms with Crippen LogP contribution in [0.3, 0.4) is 0 Å². The summed E-state index contributed by atoms with van der Waals surface area (Å²) in [6, 6.07) is 7.31. The zero-order valence-electron chi connectivity index (χ0n) is 15.7. The highest BCUT2D eigenvalue weighted by Gasteiger charge is 2.37. The van der Waals surface area contributed by atoms with E-state index in [1.807, 2.05) is 24.3 Å². The van der Waals surface area contributed by atoms with Crippen molar-refractivity contribution in [1.82, 2.24) is 24.9 Å². The molecule has 2 atom stereocenters. The van der Waals surface area contributed by atoms with Gasteiger partial charge in [-0.3, -0.25) is 14.6 Å². The first-order valence-corrected chi connectivity index (χ1v) is 9.28. The van der Waals surface area contributed by atoms with Crippen LogP contribution in [-0.4, -0.2) is 54.4 Å². The first-order valence-electron chi connectivity index (χ1n) is 9.28. The van der Waals surface area contributed by atoms with E-state index in [1.165, 1.54) is 0 Å². The van der Waals surface area contributed by atoms with Gasteiger partial charge in [-0.25, -0.2) is 4.68 Å². The monoisotopic (exact) mass is 379 g/mol. The fraction of sp³-hybridized carbons (Fsp3) is 0.350. The number of rotatable bonds is 3. The fourth-order valence-electron chi connectivity index (χ4n) is 3.94. The van der Waals surface area contributed by atoms with Crippen LogP contribution in [0.4, 0.5) is 0 Å². The lowest BCUT2D eigenvalue weighted by atomic mass is 9.90. The van der Waals surface area contributed by atoms with Gasteiger partial charge < -0.3 is 10.0 Å².